The first-order valence-electron chi connectivity index (χ1n) is 3.45. The summed E-state index contributed by atoms with van der Waals surface area (Å²) in [5.74, 6) is 0. The van der Waals surface area contributed by atoms with Gasteiger partial charge in [-0.15, -0.1) is 0 Å². The van der Waals surface area contributed by atoms with Crippen LogP contribution in [-0.2, 0) is 9.08 Å². The Hall–Kier alpha value is -0.240. The van der Waals surface area contributed by atoms with Crippen molar-refractivity contribution in [2.75, 3.05) is 6.61 Å². The van der Waals surface area contributed by atoms with Gasteiger partial charge in [-0.2, -0.15) is 0 Å². The monoisotopic (exact) mass is 214 g/mol. The predicted octanol–water partition coefficient (Wildman–Crippen LogP) is -2.20. The van der Waals surface area contributed by atoms with Gasteiger partial charge in [0.25, 0.3) is 0 Å². The summed E-state index contributed by atoms with van der Waals surface area (Å²) in [4.78, 5) is 9.97. The zero-order valence-corrected chi connectivity index (χ0v) is 7.33. The molecule has 0 aliphatic rings. The quantitative estimate of drug-likeness (QED) is 0.374. The van der Waals surface area contributed by atoms with Gasteiger partial charge in [-0.05, 0) is 0 Å². The first-order chi connectivity index (χ1) is 6.04. The summed E-state index contributed by atoms with van der Waals surface area (Å²) in [7, 11) is 0. The van der Waals surface area contributed by atoms with Crippen LogP contribution in [0.1, 0.15) is 0 Å². The summed E-state index contributed by atoms with van der Waals surface area (Å²) in [6.07, 6.45) is -6.64. The van der Waals surface area contributed by atoms with Crippen LogP contribution in [0, 0.1) is 0 Å². The second-order valence-corrected chi connectivity index (χ2v) is 2.67. The Balaban J connectivity index is 4.06. The molecule has 4 N–H and O–H groups in total. The minimum Gasteiger partial charge on any atom is -0.388 e. The van der Waals surface area contributed by atoms with E-state index in [2.05, 4.69) is 4.29 Å². The molecule has 0 radical (unpaired) electrons. The molecule has 7 heteroatoms. The number of aliphatic hydroxyl groups is 4. The highest BCUT2D eigenvalue weighted by Gasteiger charge is 2.30. The number of aliphatic hydroxyl groups excluding tert-OH is 4. The number of rotatable bonds is 6. The average Bonchev–Trinajstić information content (AvgIpc) is 2.14. The largest absolute Gasteiger partial charge is 0.388 e. The van der Waals surface area contributed by atoms with E-state index in [1.807, 2.05) is 0 Å². The van der Waals surface area contributed by atoms with E-state index in [0.29, 0.717) is 0 Å². The molecule has 0 aromatic heterocycles. The molecule has 0 aromatic carbocycles. The highest BCUT2D eigenvalue weighted by Crippen LogP contribution is 2.04. The van der Waals surface area contributed by atoms with Gasteiger partial charge in [-0.1, -0.05) is 0 Å². The topological polar surface area (TPSA) is 107 Å². The van der Waals surface area contributed by atoms with Gasteiger partial charge >= 0.3 is 0 Å². The molecule has 0 fully saturated rings. The minimum atomic E-state index is -1.76. The van der Waals surface area contributed by atoms with Crippen molar-refractivity contribution < 1.29 is 29.5 Å². The number of aldehydes is 1. The van der Waals surface area contributed by atoms with Gasteiger partial charge in [0.15, 0.2) is 6.29 Å². The Labute approximate surface area is 79.5 Å². The van der Waals surface area contributed by atoms with Crippen LogP contribution in [0.15, 0.2) is 0 Å². The van der Waals surface area contributed by atoms with Crippen LogP contribution in [0.3, 0.4) is 0 Å². The van der Waals surface area contributed by atoms with E-state index in [4.69, 9.17) is 32.3 Å². The number of halogens is 1. The van der Waals surface area contributed by atoms with Crippen molar-refractivity contribution in [3.05, 3.63) is 0 Å². The lowest BCUT2D eigenvalue weighted by molar-refractivity contribution is -0.135. The van der Waals surface area contributed by atoms with Crippen molar-refractivity contribution in [3.8, 4) is 0 Å². The Bertz CT molecular complexity index is 154. The Morgan fingerprint density at radius 2 is 1.77 bits per heavy atom. The van der Waals surface area contributed by atoms with Gasteiger partial charge in [0.1, 0.15) is 24.4 Å². The molecule has 0 saturated carbocycles. The molecule has 0 aliphatic heterocycles. The SMILES string of the molecule is O=C[C@H](O)[C@@H](O)[C@@H](O)[C@H](O)COCl. The van der Waals surface area contributed by atoms with Crippen molar-refractivity contribution >= 4 is 18.2 Å². The van der Waals surface area contributed by atoms with Crippen LogP contribution in [0.2, 0.25) is 0 Å². The maximum atomic E-state index is 9.97. The van der Waals surface area contributed by atoms with Crippen molar-refractivity contribution in [3.63, 3.8) is 0 Å². The molecule has 0 amide bonds. The first-order valence-corrected chi connectivity index (χ1v) is 3.76. The molecule has 0 rings (SSSR count). The Morgan fingerprint density at radius 1 is 1.23 bits per heavy atom. The van der Waals surface area contributed by atoms with Crippen LogP contribution in [0.4, 0.5) is 0 Å². The maximum Gasteiger partial charge on any atom is 0.151 e. The van der Waals surface area contributed by atoms with E-state index in [9.17, 15) is 4.79 Å². The fourth-order valence-corrected chi connectivity index (χ4v) is 0.802. The lowest BCUT2D eigenvalue weighted by atomic mass is 10.0. The molecule has 4 atom stereocenters. The van der Waals surface area contributed by atoms with Crippen LogP contribution in [-0.4, -0.2) is 57.7 Å². The van der Waals surface area contributed by atoms with Gasteiger partial charge in [0.2, 0.25) is 0 Å². The van der Waals surface area contributed by atoms with Gasteiger partial charge in [0.05, 0.1) is 18.5 Å². The van der Waals surface area contributed by atoms with Crippen LogP contribution in [0.5, 0.6) is 0 Å². The molecule has 0 saturated heterocycles. The molecule has 0 heterocycles. The molecule has 0 bridgehead atoms. The molecule has 0 unspecified atom stereocenters. The van der Waals surface area contributed by atoms with Gasteiger partial charge in [-0.25, -0.2) is 0 Å². The maximum absolute atomic E-state index is 9.97. The fourth-order valence-electron chi connectivity index (χ4n) is 0.673. The molecule has 13 heavy (non-hydrogen) atoms. The lowest BCUT2D eigenvalue weighted by Gasteiger charge is -2.22. The van der Waals surface area contributed by atoms with Crippen molar-refractivity contribution in [1.29, 1.82) is 0 Å². The van der Waals surface area contributed by atoms with Gasteiger partial charge < -0.3 is 25.2 Å². The third-order valence-electron chi connectivity index (χ3n) is 1.47. The van der Waals surface area contributed by atoms with E-state index in [-0.39, 0.29) is 6.29 Å². The summed E-state index contributed by atoms with van der Waals surface area (Å²) in [5.41, 5.74) is 0. The standard InChI is InChI=1S/C6H11ClO6/c7-13-2-4(10)6(12)5(11)3(9)1-8/h1,3-6,9-12H,2H2/t3-,4+,5+,6-/m0/s1. The Morgan fingerprint density at radius 3 is 2.15 bits per heavy atom. The number of carbonyl (C=O) groups is 1. The summed E-state index contributed by atoms with van der Waals surface area (Å²) in [5, 5.41) is 35.8. The van der Waals surface area contributed by atoms with Gasteiger partial charge in [0, 0.05) is 0 Å². The predicted molar refractivity (Wildman–Crippen MR) is 41.9 cm³/mol. The van der Waals surface area contributed by atoms with Crippen molar-refractivity contribution in [2.45, 2.75) is 24.4 Å². The zero-order chi connectivity index (χ0) is 10.4. The second-order valence-electron chi connectivity index (χ2n) is 2.45. The summed E-state index contributed by atoms with van der Waals surface area (Å²) in [6, 6.07) is 0. The van der Waals surface area contributed by atoms with E-state index in [1.54, 1.807) is 0 Å². The molecule has 6 nitrogen and oxygen atoms in total. The molecule has 0 spiro atoms. The third kappa shape index (κ3) is 3.99. The molecular weight excluding hydrogens is 204 g/mol. The highest BCUT2D eigenvalue weighted by atomic mass is 35.5. The second kappa shape index (κ2) is 6.25. The minimum absolute atomic E-state index is 0.0438. The number of hydrogen-bond acceptors (Lipinski definition) is 6. The normalized spacial score (nSPS) is 20.4. The fraction of sp³-hybridized carbons (Fsp3) is 0.833. The highest BCUT2D eigenvalue weighted by molar-refractivity contribution is 6.07. The molecule has 78 valence electrons. The first kappa shape index (κ1) is 12.8. The molecular formula is C6H11ClO6. The van der Waals surface area contributed by atoms with Crippen LogP contribution < -0.4 is 0 Å². The summed E-state index contributed by atoms with van der Waals surface area (Å²) >= 11 is 4.77. The van der Waals surface area contributed by atoms with Crippen LogP contribution >= 0.6 is 11.9 Å². The molecule has 0 aliphatic carbocycles. The van der Waals surface area contributed by atoms with E-state index >= 15 is 0 Å². The summed E-state index contributed by atoms with van der Waals surface area (Å²) < 4.78 is 3.97. The third-order valence-corrected chi connectivity index (χ3v) is 1.59. The zero-order valence-electron chi connectivity index (χ0n) is 6.58. The van der Waals surface area contributed by atoms with Crippen molar-refractivity contribution in [2.24, 2.45) is 0 Å². The molecule has 0 aromatic rings. The van der Waals surface area contributed by atoms with E-state index in [1.165, 1.54) is 0 Å². The van der Waals surface area contributed by atoms with E-state index in [0.717, 1.165) is 0 Å². The van der Waals surface area contributed by atoms with Crippen LogP contribution in [0.25, 0.3) is 0 Å². The van der Waals surface area contributed by atoms with Crippen molar-refractivity contribution in [1.82, 2.24) is 0 Å². The summed E-state index contributed by atoms with van der Waals surface area (Å²) in [6.45, 7) is -0.425. The smallest absolute Gasteiger partial charge is 0.151 e. The Kier molecular flexibility index (Phi) is 6.13. The lowest BCUT2D eigenvalue weighted by Crippen LogP contribution is -2.46. The van der Waals surface area contributed by atoms with Gasteiger partial charge in [-0.3, -0.25) is 4.29 Å². The number of hydrogen-bond donors (Lipinski definition) is 4. The number of carbonyl (C=O) groups excluding carboxylic acids is 1. The van der Waals surface area contributed by atoms with E-state index < -0.39 is 31.0 Å². The average molecular weight is 215 g/mol.